The molecule has 5 heteroatoms. The number of benzene rings is 2. The van der Waals surface area contributed by atoms with Gasteiger partial charge in [0.15, 0.2) is 0 Å². The number of rotatable bonds is 6. The predicted octanol–water partition coefficient (Wildman–Crippen LogP) is 2.20. The summed E-state index contributed by atoms with van der Waals surface area (Å²) in [5.74, 6) is -0.365. The van der Waals surface area contributed by atoms with Crippen LogP contribution in [0.15, 0.2) is 60.7 Å². The van der Waals surface area contributed by atoms with Gasteiger partial charge in [-0.1, -0.05) is 48.5 Å². The number of amides is 2. The zero-order chi connectivity index (χ0) is 18.2. The first-order valence-electron chi connectivity index (χ1n) is 9.09. The predicted molar refractivity (Wildman–Crippen MR) is 102 cm³/mol. The molecule has 1 saturated heterocycles. The average Bonchev–Trinajstić information content (AvgIpc) is 2.68. The zero-order valence-electron chi connectivity index (χ0n) is 14.9. The van der Waals surface area contributed by atoms with E-state index in [-0.39, 0.29) is 24.4 Å². The zero-order valence-corrected chi connectivity index (χ0v) is 14.9. The van der Waals surface area contributed by atoms with Crippen molar-refractivity contribution in [1.82, 2.24) is 15.5 Å². The maximum absolute atomic E-state index is 12.2. The van der Waals surface area contributed by atoms with Crippen molar-refractivity contribution in [1.29, 1.82) is 0 Å². The number of carbonyl (C=O) groups is 2. The highest BCUT2D eigenvalue weighted by Gasteiger charge is 2.21. The first-order valence-corrected chi connectivity index (χ1v) is 9.09. The summed E-state index contributed by atoms with van der Waals surface area (Å²) in [6.07, 6.45) is 2.04. The Hall–Kier alpha value is -2.66. The van der Waals surface area contributed by atoms with E-state index in [4.69, 9.17) is 0 Å². The summed E-state index contributed by atoms with van der Waals surface area (Å²) in [6.45, 7) is 2.79. The number of piperidine rings is 1. The van der Waals surface area contributed by atoms with Crippen molar-refractivity contribution in [3.8, 4) is 0 Å². The minimum absolute atomic E-state index is 0.00289. The Balaban J connectivity index is 1.43. The molecule has 0 aliphatic carbocycles. The van der Waals surface area contributed by atoms with Crippen molar-refractivity contribution in [2.24, 2.45) is 0 Å². The van der Waals surface area contributed by atoms with Crippen molar-refractivity contribution < 1.29 is 9.59 Å². The minimum atomic E-state index is -0.227. The molecule has 0 radical (unpaired) electrons. The van der Waals surface area contributed by atoms with E-state index < -0.39 is 0 Å². The van der Waals surface area contributed by atoms with Gasteiger partial charge in [0.1, 0.15) is 0 Å². The molecule has 0 spiro atoms. The van der Waals surface area contributed by atoms with Gasteiger partial charge in [-0.15, -0.1) is 0 Å². The molecular weight excluding hydrogens is 326 g/mol. The van der Waals surface area contributed by atoms with Gasteiger partial charge >= 0.3 is 0 Å². The Labute approximate surface area is 154 Å². The van der Waals surface area contributed by atoms with Crippen LogP contribution in [0, 0.1) is 0 Å². The van der Waals surface area contributed by atoms with Gasteiger partial charge in [-0.2, -0.15) is 0 Å². The lowest BCUT2D eigenvalue weighted by atomic mass is 10.0. The lowest BCUT2D eigenvalue weighted by Gasteiger charge is -2.33. The van der Waals surface area contributed by atoms with Crippen LogP contribution >= 0.6 is 0 Å². The first kappa shape index (κ1) is 18.1. The molecule has 0 saturated carbocycles. The second kappa shape index (κ2) is 9.15. The maximum Gasteiger partial charge on any atom is 0.251 e. The molecule has 2 amide bonds. The number of nitrogens with one attached hydrogen (secondary N) is 2. The summed E-state index contributed by atoms with van der Waals surface area (Å²) in [5.41, 5.74) is 1.85. The van der Waals surface area contributed by atoms with Crippen molar-refractivity contribution in [2.45, 2.75) is 25.4 Å². The second-order valence-corrected chi connectivity index (χ2v) is 6.68. The van der Waals surface area contributed by atoms with Crippen molar-refractivity contribution in [3.05, 3.63) is 71.8 Å². The van der Waals surface area contributed by atoms with E-state index in [2.05, 4.69) is 27.7 Å². The largest absolute Gasteiger partial charge is 0.351 e. The van der Waals surface area contributed by atoms with Crippen LogP contribution in [0.25, 0.3) is 0 Å². The summed E-state index contributed by atoms with van der Waals surface area (Å²) in [5, 5.41) is 5.72. The molecule has 0 aromatic heterocycles. The van der Waals surface area contributed by atoms with Gasteiger partial charge in [0.25, 0.3) is 5.91 Å². The van der Waals surface area contributed by atoms with Crippen LogP contribution < -0.4 is 10.6 Å². The molecule has 1 unspecified atom stereocenters. The first-order chi connectivity index (χ1) is 12.7. The van der Waals surface area contributed by atoms with E-state index in [1.165, 1.54) is 5.56 Å². The van der Waals surface area contributed by atoms with Crippen LogP contribution in [-0.4, -0.2) is 42.4 Å². The van der Waals surface area contributed by atoms with E-state index in [9.17, 15) is 9.59 Å². The lowest BCUT2D eigenvalue weighted by Crippen LogP contribution is -2.49. The lowest BCUT2D eigenvalue weighted by molar-refractivity contribution is -0.121. The van der Waals surface area contributed by atoms with Crippen molar-refractivity contribution in [2.75, 3.05) is 19.6 Å². The molecule has 1 fully saturated rings. The number of nitrogens with zero attached hydrogens (tertiary/aromatic N) is 1. The SMILES string of the molecule is O=C(CNC(=O)c1ccccc1)NC1CCCN(Cc2ccccc2)C1. The summed E-state index contributed by atoms with van der Waals surface area (Å²) >= 11 is 0. The summed E-state index contributed by atoms with van der Waals surface area (Å²) in [4.78, 5) is 26.5. The summed E-state index contributed by atoms with van der Waals surface area (Å²) in [6, 6.07) is 19.4. The Morgan fingerprint density at radius 2 is 1.69 bits per heavy atom. The normalized spacial score (nSPS) is 17.5. The highest BCUT2D eigenvalue weighted by atomic mass is 16.2. The Morgan fingerprint density at radius 1 is 1.00 bits per heavy atom. The van der Waals surface area contributed by atoms with Gasteiger partial charge in [0.05, 0.1) is 6.54 Å². The Bertz CT molecular complexity index is 719. The topological polar surface area (TPSA) is 61.4 Å². The number of carbonyl (C=O) groups excluding carboxylic acids is 2. The van der Waals surface area contributed by atoms with Crippen LogP contribution in [0.4, 0.5) is 0 Å². The monoisotopic (exact) mass is 351 g/mol. The second-order valence-electron chi connectivity index (χ2n) is 6.68. The standard InChI is InChI=1S/C21H25N3O2/c25-20(14-22-21(26)18-10-5-2-6-11-18)23-19-12-7-13-24(16-19)15-17-8-3-1-4-9-17/h1-6,8-11,19H,7,12-16H2,(H,22,26)(H,23,25). The maximum atomic E-state index is 12.2. The highest BCUT2D eigenvalue weighted by Crippen LogP contribution is 2.13. The fraction of sp³-hybridized carbons (Fsp3) is 0.333. The third-order valence-corrected chi connectivity index (χ3v) is 4.57. The van der Waals surface area contributed by atoms with Crippen LogP contribution in [0.1, 0.15) is 28.8 Å². The fourth-order valence-electron chi connectivity index (χ4n) is 3.29. The molecule has 2 aromatic rings. The molecule has 1 aliphatic heterocycles. The quantitative estimate of drug-likeness (QED) is 0.839. The van der Waals surface area contributed by atoms with Gasteiger partial charge in [-0.05, 0) is 37.1 Å². The molecular formula is C21H25N3O2. The van der Waals surface area contributed by atoms with Crippen molar-refractivity contribution in [3.63, 3.8) is 0 Å². The van der Waals surface area contributed by atoms with Crippen molar-refractivity contribution >= 4 is 11.8 Å². The van der Waals surface area contributed by atoms with Crippen LogP contribution in [-0.2, 0) is 11.3 Å². The summed E-state index contributed by atoms with van der Waals surface area (Å²) < 4.78 is 0. The third kappa shape index (κ3) is 5.43. The molecule has 3 rings (SSSR count). The van der Waals surface area contributed by atoms with Crippen LogP contribution in [0.3, 0.4) is 0 Å². The van der Waals surface area contributed by atoms with E-state index in [0.717, 1.165) is 32.5 Å². The van der Waals surface area contributed by atoms with Gasteiger partial charge < -0.3 is 10.6 Å². The van der Waals surface area contributed by atoms with Gasteiger partial charge in [0, 0.05) is 24.7 Å². The molecule has 136 valence electrons. The molecule has 0 bridgehead atoms. The van der Waals surface area contributed by atoms with Gasteiger partial charge in [-0.3, -0.25) is 14.5 Å². The number of likely N-dealkylation sites (tertiary alicyclic amines) is 1. The molecule has 2 aromatic carbocycles. The molecule has 1 aliphatic rings. The number of hydrogen-bond donors (Lipinski definition) is 2. The van der Waals surface area contributed by atoms with Gasteiger partial charge in [-0.25, -0.2) is 0 Å². The minimum Gasteiger partial charge on any atom is -0.351 e. The van der Waals surface area contributed by atoms with E-state index in [0.29, 0.717) is 5.56 Å². The van der Waals surface area contributed by atoms with Crippen LogP contribution in [0.2, 0.25) is 0 Å². The smallest absolute Gasteiger partial charge is 0.251 e. The third-order valence-electron chi connectivity index (χ3n) is 4.57. The molecule has 1 heterocycles. The summed E-state index contributed by atoms with van der Waals surface area (Å²) in [7, 11) is 0. The average molecular weight is 351 g/mol. The van der Waals surface area contributed by atoms with E-state index >= 15 is 0 Å². The number of hydrogen-bond acceptors (Lipinski definition) is 3. The fourth-order valence-corrected chi connectivity index (χ4v) is 3.29. The molecule has 5 nitrogen and oxygen atoms in total. The van der Waals surface area contributed by atoms with Gasteiger partial charge in [0.2, 0.25) is 5.91 Å². The Morgan fingerprint density at radius 3 is 2.42 bits per heavy atom. The van der Waals surface area contributed by atoms with E-state index in [1.54, 1.807) is 24.3 Å². The van der Waals surface area contributed by atoms with Crippen LogP contribution in [0.5, 0.6) is 0 Å². The molecule has 26 heavy (non-hydrogen) atoms. The molecule has 1 atom stereocenters. The molecule has 2 N–H and O–H groups in total. The highest BCUT2D eigenvalue weighted by molar-refractivity contribution is 5.96. The van der Waals surface area contributed by atoms with E-state index in [1.807, 2.05) is 24.3 Å². The Kier molecular flexibility index (Phi) is 6.39.